The Hall–Kier alpha value is -2.66. The van der Waals surface area contributed by atoms with Crippen LogP contribution < -0.4 is 5.73 Å². The molecular formula is C15H11ClN4O. The van der Waals surface area contributed by atoms with Crippen LogP contribution in [-0.2, 0) is 0 Å². The van der Waals surface area contributed by atoms with Gasteiger partial charge in [-0.25, -0.2) is 0 Å². The van der Waals surface area contributed by atoms with Crippen molar-refractivity contribution in [2.24, 2.45) is 0 Å². The van der Waals surface area contributed by atoms with Crippen LogP contribution in [0.25, 0.3) is 23.7 Å². The lowest BCUT2D eigenvalue weighted by molar-refractivity contribution is 0.411. The standard InChI is InChI=1S/C15H11ClN4O/c16-12-2-1-9-18-14(12)15-19-13(21-20-15)8-5-10-3-6-11(17)7-4-10/h1-9H,17H2/b8-5+. The third kappa shape index (κ3) is 3.09. The Balaban J connectivity index is 1.82. The van der Waals surface area contributed by atoms with E-state index in [9.17, 15) is 0 Å². The van der Waals surface area contributed by atoms with Crippen LogP contribution in [0.5, 0.6) is 0 Å². The highest BCUT2D eigenvalue weighted by Gasteiger charge is 2.11. The van der Waals surface area contributed by atoms with Crippen LogP contribution in [-0.4, -0.2) is 15.1 Å². The topological polar surface area (TPSA) is 77.8 Å². The normalized spacial score (nSPS) is 11.1. The van der Waals surface area contributed by atoms with Gasteiger partial charge in [-0.05, 0) is 35.9 Å². The van der Waals surface area contributed by atoms with Crippen LogP contribution >= 0.6 is 11.6 Å². The average Bonchev–Trinajstić information content (AvgIpc) is 2.96. The number of aromatic nitrogens is 3. The number of benzene rings is 1. The highest BCUT2D eigenvalue weighted by molar-refractivity contribution is 6.32. The predicted molar refractivity (Wildman–Crippen MR) is 82.3 cm³/mol. The number of nitrogens with two attached hydrogens (primary N) is 1. The minimum atomic E-state index is 0.359. The van der Waals surface area contributed by atoms with E-state index in [1.807, 2.05) is 30.3 Å². The highest BCUT2D eigenvalue weighted by atomic mass is 35.5. The lowest BCUT2D eigenvalue weighted by atomic mass is 10.2. The molecular weight excluding hydrogens is 288 g/mol. The second kappa shape index (κ2) is 5.76. The van der Waals surface area contributed by atoms with Crippen LogP contribution in [0.1, 0.15) is 11.5 Å². The van der Waals surface area contributed by atoms with Gasteiger partial charge in [0.1, 0.15) is 5.69 Å². The molecule has 2 N–H and O–H groups in total. The molecule has 3 rings (SSSR count). The molecule has 6 heteroatoms. The maximum atomic E-state index is 6.04. The summed E-state index contributed by atoms with van der Waals surface area (Å²) in [5.74, 6) is 0.737. The number of anilines is 1. The van der Waals surface area contributed by atoms with E-state index < -0.39 is 0 Å². The Labute approximate surface area is 126 Å². The summed E-state index contributed by atoms with van der Waals surface area (Å²) in [7, 11) is 0. The van der Waals surface area contributed by atoms with E-state index in [0.29, 0.717) is 22.4 Å². The Morgan fingerprint density at radius 1 is 1.10 bits per heavy atom. The van der Waals surface area contributed by atoms with Gasteiger partial charge in [-0.3, -0.25) is 4.98 Å². The van der Waals surface area contributed by atoms with E-state index in [-0.39, 0.29) is 0 Å². The fourth-order valence-corrected chi connectivity index (χ4v) is 1.93. The van der Waals surface area contributed by atoms with Gasteiger partial charge in [0.2, 0.25) is 5.82 Å². The maximum Gasteiger partial charge on any atom is 0.251 e. The molecule has 0 spiro atoms. The van der Waals surface area contributed by atoms with E-state index in [1.54, 1.807) is 24.4 Å². The van der Waals surface area contributed by atoms with Gasteiger partial charge in [-0.1, -0.05) is 28.9 Å². The van der Waals surface area contributed by atoms with Crippen molar-refractivity contribution in [3.63, 3.8) is 0 Å². The fraction of sp³-hybridized carbons (Fsp3) is 0. The SMILES string of the molecule is Nc1ccc(/C=C/c2nc(-c3ncccc3Cl)no2)cc1. The van der Waals surface area contributed by atoms with Crippen LogP contribution in [0.2, 0.25) is 5.02 Å². The number of hydrogen-bond acceptors (Lipinski definition) is 5. The summed E-state index contributed by atoms with van der Waals surface area (Å²) in [6.07, 6.45) is 5.21. The summed E-state index contributed by atoms with van der Waals surface area (Å²) < 4.78 is 5.15. The zero-order valence-corrected chi connectivity index (χ0v) is 11.7. The molecule has 3 aromatic rings. The molecule has 0 amide bonds. The van der Waals surface area contributed by atoms with E-state index in [0.717, 1.165) is 11.3 Å². The number of nitrogen functional groups attached to an aromatic ring is 1. The monoisotopic (exact) mass is 298 g/mol. The molecule has 0 fully saturated rings. The minimum absolute atomic E-state index is 0.359. The van der Waals surface area contributed by atoms with Crippen LogP contribution in [0, 0.1) is 0 Å². The molecule has 5 nitrogen and oxygen atoms in total. The average molecular weight is 299 g/mol. The first-order valence-corrected chi connectivity index (χ1v) is 6.58. The molecule has 0 unspecified atom stereocenters. The molecule has 0 aliphatic rings. The van der Waals surface area contributed by atoms with E-state index >= 15 is 0 Å². The second-order valence-corrected chi connectivity index (χ2v) is 4.70. The van der Waals surface area contributed by atoms with Gasteiger partial charge >= 0.3 is 0 Å². The number of rotatable bonds is 3. The van der Waals surface area contributed by atoms with Crippen molar-refractivity contribution >= 4 is 29.4 Å². The van der Waals surface area contributed by atoms with Crippen molar-refractivity contribution < 1.29 is 4.52 Å². The summed E-state index contributed by atoms with van der Waals surface area (Å²) in [6, 6.07) is 10.9. The quantitative estimate of drug-likeness (QED) is 0.748. The molecule has 0 aliphatic heterocycles. The maximum absolute atomic E-state index is 6.04. The lowest BCUT2D eigenvalue weighted by Crippen LogP contribution is -1.86. The summed E-state index contributed by atoms with van der Waals surface area (Å²) in [5.41, 5.74) is 7.83. The number of pyridine rings is 1. The summed E-state index contributed by atoms with van der Waals surface area (Å²) in [5, 5.41) is 4.35. The molecule has 0 bridgehead atoms. The molecule has 0 atom stereocenters. The summed E-state index contributed by atoms with van der Waals surface area (Å²) >= 11 is 6.04. The van der Waals surface area contributed by atoms with Crippen molar-refractivity contribution in [3.8, 4) is 11.5 Å². The third-order valence-electron chi connectivity index (χ3n) is 2.77. The Bertz CT molecular complexity index is 780. The molecule has 21 heavy (non-hydrogen) atoms. The largest absolute Gasteiger partial charge is 0.399 e. The second-order valence-electron chi connectivity index (χ2n) is 4.29. The van der Waals surface area contributed by atoms with Crippen molar-refractivity contribution in [1.29, 1.82) is 0 Å². The third-order valence-corrected chi connectivity index (χ3v) is 3.07. The van der Waals surface area contributed by atoms with Gasteiger partial charge in [-0.15, -0.1) is 0 Å². The lowest BCUT2D eigenvalue weighted by Gasteiger charge is -1.94. The number of halogens is 1. The van der Waals surface area contributed by atoms with Crippen LogP contribution in [0.15, 0.2) is 47.1 Å². The molecule has 0 aliphatic carbocycles. The Kier molecular flexibility index (Phi) is 3.66. The van der Waals surface area contributed by atoms with Crippen molar-refractivity contribution in [2.45, 2.75) is 0 Å². The molecule has 2 heterocycles. The highest BCUT2D eigenvalue weighted by Crippen LogP contribution is 2.22. The molecule has 2 aromatic heterocycles. The van der Waals surface area contributed by atoms with Crippen molar-refractivity contribution in [3.05, 3.63) is 59.1 Å². The minimum Gasteiger partial charge on any atom is -0.399 e. The smallest absolute Gasteiger partial charge is 0.251 e. The molecule has 1 aromatic carbocycles. The Morgan fingerprint density at radius 2 is 1.90 bits per heavy atom. The number of nitrogens with zero attached hydrogens (tertiary/aromatic N) is 3. The van der Waals surface area contributed by atoms with Gasteiger partial charge in [0.05, 0.1) is 5.02 Å². The van der Waals surface area contributed by atoms with Gasteiger partial charge in [0, 0.05) is 18.0 Å². The number of hydrogen-bond donors (Lipinski definition) is 1. The fourth-order valence-electron chi connectivity index (χ4n) is 1.72. The molecule has 0 saturated carbocycles. The van der Waals surface area contributed by atoms with Gasteiger partial charge in [0.15, 0.2) is 0 Å². The van der Waals surface area contributed by atoms with Crippen molar-refractivity contribution in [2.75, 3.05) is 5.73 Å². The van der Waals surface area contributed by atoms with Gasteiger partial charge in [-0.2, -0.15) is 4.98 Å². The summed E-state index contributed by atoms with van der Waals surface area (Å²) in [4.78, 5) is 8.37. The van der Waals surface area contributed by atoms with Crippen LogP contribution in [0.3, 0.4) is 0 Å². The Morgan fingerprint density at radius 3 is 2.67 bits per heavy atom. The molecule has 0 saturated heterocycles. The van der Waals surface area contributed by atoms with Crippen LogP contribution in [0.4, 0.5) is 5.69 Å². The first kappa shape index (κ1) is 13.3. The molecule has 0 radical (unpaired) electrons. The van der Waals surface area contributed by atoms with Gasteiger partial charge in [0.25, 0.3) is 5.89 Å². The van der Waals surface area contributed by atoms with Gasteiger partial charge < -0.3 is 10.3 Å². The predicted octanol–water partition coefficient (Wildman–Crippen LogP) is 3.54. The van der Waals surface area contributed by atoms with Crippen molar-refractivity contribution in [1.82, 2.24) is 15.1 Å². The van der Waals surface area contributed by atoms with E-state index in [4.69, 9.17) is 21.9 Å². The van der Waals surface area contributed by atoms with E-state index in [2.05, 4.69) is 15.1 Å². The van der Waals surface area contributed by atoms with E-state index in [1.165, 1.54) is 0 Å². The first-order valence-electron chi connectivity index (χ1n) is 6.20. The molecule has 104 valence electrons. The summed E-state index contributed by atoms with van der Waals surface area (Å²) in [6.45, 7) is 0. The zero-order valence-electron chi connectivity index (χ0n) is 10.9. The zero-order chi connectivity index (χ0) is 14.7. The first-order chi connectivity index (χ1) is 10.2.